The Hall–Kier alpha value is -2.04. The van der Waals surface area contributed by atoms with Gasteiger partial charge in [0.25, 0.3) is 0 Å². The van der Waals surface area contributed by atoms with Crippen LogP contribution in [0.15, 0.2) is 24.3 Å². The van der Waals surface area contributed by atoms with E-state index in [2.05, 4.69) is 16.0 Å². The average molecular weight is 277 g/mol. The van der Waals surface area contributed by atoms with Gasteiger partial charge >= 0.3 is 0 Å². The molecule has 0 fully saturated rings. The van der Waals surface area contributed by atoms with E-state index >= 15 is 0 Å². The van der Waals surface area contributed by atoms with Gasteiger partial charge in [-0.1, -0.05) is 13.0 Å². The summed E-state index contributed by atoms with van der Waals surface area (Å²) >= 11 is 0. The van der Waals surface area contributed by atoms with Crippen molar-refractivity contribution in [1.82, 2.24) is 5.32 Å². The molecule has 5 heteroatoms. The van der Waals surface area contributed by atoms with Crippen molar-refractivity contribution in [2.75, 3.05) is 10.6 Å². The molecule has 5 nitrogen and oxygen atoms in total. The van der Waals surface area contributed by atoms with Gasteiger partial charge in [-0.15, -0.1) is 0 Å². The highest BCUT2D eigenvalue weighted by atomic mass is 16.2. The van der Waals surface area contributed by atoms with Crippen LogP contribution in [0.1, 0.15) is 34.1 Å². The SMILES string of the molecule is CCC(C)NC(=O)C(C)Nc1cccc(NC(C)=O)c1. The third-order valence-corrected chi connectivity index (χ3v) is 2.96. The van der Waals surface area contributed by atoms with Crippen molar-refractivity contribution in [2.24, 2.45) is 0 Å². The molecule has 1 rings (SSSR count). The molecule has 2 amide bonds. The van der Waals surface area contributed by atoms with Gasteiger partial charge in [-0.3, -0.25) is 9.59 Å². The topological polar surface area (TPSA) is 70.2 Å². The lowest BCUT2D eigenvalue weighted by atomic mass is 10.2. The molecule has 0 saturated heterocycles. The van der Waals surface area contributed by atoms with Crippen molar-refractivity contribution in [3.63, 3.8) is 0 Å². The van der Waals surface area contributed by atoms with Gasteiger partial charge < -0.3 is 16.0 Å². The molecule has 0 radical (unpaired) electrons. The molecule has 0 aromatic heterocycles. The molecule has 1 aromatic carbocycles. The highest BCUT2D eigenvalue weighted by Crippen LogP contribution is 2.16. The van der Waals surface area contributed by atoms with E-state index < -0.39 is 0 Å². The van der Waals surface area contributed by atoms with Crippen molar-refractivity contribution in [2.45, 2.75) is 46.2 Å². The summed E-state index contributed by atoms with van der Waals surface area (Å²) in [5.41, 5.74) is 1.50. The minimum absolute atomic E-state index is 0.0377. The van der Waals surface area contributed by atoms with E-state index in [4.69, 9.17) is 0 Å². The van der Waals surface area contributed by atoms with E-state index in [1.165, 1.54) is 6.92 Å². The van der Waals surface area contributed by atoms with E-state index in [0.29, 0.717) is 5.69 Å². The molecule has 2 unspecified atom stereocenters. The Bertz CT molecular complexity index is 474. The van der Waals surface area contributed by atoms with Crippen LogP contribution in [0, 0.1) is 0 Å². The average Bonchev–Trinajstić information content (AvgIpc) is 2.38. The fourth-order valence-corrected chi connectivity index (χ4v) is 1.68. The Morgan fingerprint density at radius 1 is 1.20 bits per heavy atom. The number of carbonyl (C=O) groups is 2. The second-order valence-electron chi connectivity index (χ2n) is 4.95. The molecule has 2 atom stereocenters. The third-order valence-electron chi connectivity index (χ3n) is 2.96. The maximum atomic E-state index is 11.9. The summed E-state index contributed by atoms with van der Waals surface area (Å²) in [6.45, 7) is 7.27. The Morgan fingerprint density at radius 2 is 1.85 bits per heavy atom. The van der Waals surface area contributed by atoms with Gasteiger partial charge in [0.05, 0.1) is 0 Å². The summed E-state index contributed by atoms with van der Waals surface area (Å²) in [6, 6.07) is 7.12. The number of nitrogens with one attached hydrogen (secondary N) is 3. The van der Waals surface area contributed by atoms with Gasteiger partial charge in [0.1, 0.15) is 6.04 Å². The fourth-order valence-electron chi connectivity index (χ4n) is 1.68. The van der Waals surface area contributed by atoms with E-state index in [9.17, 15) is 9.59 Å². The number of anilines is 2. The van der Waals surface area contributed by atoms with Gasteiger partial charge in [-0.2, -0.15) is 0 Å². The summed E-state index contributed by atoms with van der Waals surface area (Å²) in [7, 11) is 0. The highest BCUT2D eigenvalue weighted by Gasteiger charge is 2.14. The molecule has 20 heavy (non-hydrogen) atoms. The first-order valence-electron chi connectivity index (χ1n) is 6.87. The van der Waals surface area contributed by atoms with Crippen LogP contribution in [0.2, 0.25) is 0 Å². The molecule has 0 bridgehead atoms. The van der Waals surface area contributed by atoms with Crippen LogP contribution < -0.4 is 16.0 Å². The molecule has 0 heterocycles. The Kier molecular flexibility index (Phi) is 6.03. The van der Waals surface area contributed by atoms with Crippen LogP contribution in [0.4, 0.5) is 11.4 Å². The Balaban J connectivity index is 2.63. The molecule has 0 saturated carbocycles. The van der Waals surface area contributed by atoms with Crippen LogP contribution in [-0.2, 0) is 9.59 Å². The summed E-state index contributed by atoms with van der Waals surface area (Å²) in [5.74, 6) is -0.158. The standard InChI is InChI=1S/C15H23N3O2/c1-5-10(2)16-15(20)11(3)17-13-7-6-8-14(9-13)18-12(4)19/h6-11,17H,5H2,1-4H3,(H,16,20)(H,18,19). The molecular weight excluding hydrogens is 254 g/mol. The van der Waals surface area contributed by atoms with Crippen molar-refractivity contribution < 1.29 is 9.59 Å². The van der Waals surface area contributed by atoms with Gasteiger partial charge in [0, 0.05) is 24.3 Å². The number of carbonyl (C=O) groups excluding carboxylic acids is 2. The summed E-state index contributed by atoms with van der Waals surface area (Å²) in [5, 5.41) is 8.76. The zero-order valence-corrected chi connectivity index (χ0v) is 12.5. The zero-order valence-electron chi connectivity index (χ0n) is 12.5. The minimum Gasteiger partial charge on any atom is -0.374 e. The molecule has 0 aliphatic heterocycles. The molecule has 3 N–H and O–H groups in total. The number of hydrogen-bond donors (Lipinski definition) is 3. The largest absolute Gasteiger partial charge is 0.374 e. The number of rotatable bonds is 6. The van der Waals surface area contributed by atoms with Crippen molar-refractivity contribution in [1.29, 1.82) is 0 Å². The maximum Gasteiger partial charge on any atom is 0.242 e. The van der Waals surface area contributed by atoms with E-state index in [1.54, 1.807) is 12.1 Å². The lowest BCUT2D eigenvalue weighted by molar-refractivity contribution is -0.122. The molecular formula is C15H23N3O2. The lowest BCUT2D eigenvalue weighted by Gasteiger charge is -2.18. The highest BCUT2D eigenvalue weighted by molar-refractivity contribution is 5.89. The quantitative estimate of drug-likeness (QED) is 0.747. The number of hydrogen-bond acceptors (Lipinski definition) is 3. The predicted molar refractivity (Wildman–Crippen MR) is 81.7 cm³/mol. The van der Waals surface area contributed by atoms with Crippen molar-refractivity contribution in [3.8, 4) is 0 Å². The van der Waals surface area contributed by atoms with Crippen molar-refractivity contribution in [3.05, 3.63) is 24.3 Å². The second kappa shape index (κ2) is 7.53. The van der Waals surface area contributed by atoms with Crippen LogP contribution in [0.5, 0.6) is 0 Å². The molecule has 110 valence electrons. The lowest BCUT2D eigenvalue weighted by Crippen LogP contribution is -2.41. The first kappa shape index (κ1) is 16.0. The van der Waals surface area contributed by atoms with Gasteiger partial charge in [-0.05, 0) is 38.5 Å². The van der Waals surface area contributed by atoms with Gasteiger partial charge in [0.2, 0.25) is 11.8 Å². The molecule has 0 aliphatic rings. The van der Waals surface area contributed by atoms with Crippen molar-refractivity contribution >= 4 is 23.2 Å². The first-order chi connectivity index (χ1) is 9.42. The molecule has 0 aliphatic carbocycles. The van der Waals surface area contributed by atoms with Crippen LogP contribution in [0.25, 0.3) is 0 Å². The summed E-state index contributed by atoms with van der Waals surface area (Å²) in [4.78, 5) is 22.9. The van der Waals surface area contributed by atoms with Gasteiger partial charge in [0.15, 0.2) is 0 Å². The van der Waals surface area contributed by atoms with E-state index in [1.807, 2.05) is 32.9 Å². The molecule has 0 spiro atoms. The third kappa shape index (κ3) is 5.30. The second-order valence-corrected chi connectivity index (χ2v) is 4.95. The normalized spacial score (nSPS) is 13.2. The zero-order chi connectivity index (χ0) is 15.1. The Labute approximate surface area is 120 Å². The Morgan fingerprint density at radius 3 is 2.45 bits per heavy atom. The van der Waals surface area contributed by atoms with Crippen LogP contribution in [0.3, 0.4) is 0 Å². The fraction of sp³-hybridized carbons (Fsp3) is 0.467. The molecule has 1 aromatic rings. The minimum atomic E-state index is -0.337. The summed E-state index contributed by atoms with van der Waals surface area (Å²) < 4.78 is 0. The first-order valence-corrected chi connectivity index (χ1v) is 6.87. The monoisotopic (exact) mass is 277 g/mol. The van der Waals surface area contributed by atoms with Gasteiger partial charge in [-0.25, -0.2) is 0 Å². The maximum absolute atomic E-state index is 11.9. The predicted octanol–water partition coefficient (Wildman–Crippen LogP) is 2.36. The van der Waals surface area contributed by atoms with Crippen LogP contribution >= 0.6 is 0 Å². The van der Waals surface area contributed by atoms with E-state index in [0.717, 1.165) is 12.1 Å². The number of benzene rings is 1. The van der Waals surface area contributed by atoms with E-state index in [-0.39, 0.29) is 23.9 Å². The summed E-state index contributed by atoms with van der Waals surface area (Å²) in [6.07, 6.45) is 0.899. The number of amides is 2. The smallest absolute Gasteiger partial charge is 0.242 e. The van der Waals surface area contributed by atoms with Crippen LogP contribution in [-0.4, -0.2) is 23.9 Å².